The maximum absolute atomic E-state index is 5.55. The molecule has 6 nitrogen and oxygen atoms in total. The van der Waals surface area contributed by atoms with Crippen molar-refractivity contribution in [3.8, 4) is 28.4 Å². The van der Waals surface area contributed by atoms with Crippen molar-refractivity contribution in [3.63, 3.8) is 0 Å². The van der Waals surface area contributed by atoms with E-state index in [-0.39, 0.29) is 0 Å². The summed E-state index contributed by atoms with van der Waals surface area (Å²) in [4.78, 5) is 9.85. The summed E-state index contributed by atoms with van der Waals surface area (Å²) in [5, 5.41) is 6.47. The Labute approximate surface area is 173 Å². The second-order valence-corrected chi connectivity index (χ2v) is 7.06. The second kappa shape index (κ2) is 8.36. The molecular formula is C22H21N3O3S. The van der Waals surface area contributed by atoms with Crippen LogP contribution >= 0.6 is 11.3 Å². The van der Waals surface area contributed by atoms with Gasteiger partial charge in [0.15, 0.2) is 0 Å². The Hall–Kier alpha value is -3.32. The quantitative estimate of drug-likeness (QED) is 0.435. The molecule has 0 aliphatic carbocycles. The van der Waals surface area contributed by atoms with Gasteiger partial charge in [-0.1, -0.05) is 12.1 Å². The molecule has 7 heteroatoms. The summed E-state index contributed by atoms with van der Waals surface area (Å²) in [7, 11) is 3.26. The predicted octanol–water partition coefficient (Wildman–Crippen LogP) is 5.52. The largest absolute Gasteiger partial charge is 0.497 e. The summed E-state index contributed by atoms with van der Waals surface area (Å²) in [5.41, 5.74) is 2.96. The zero-order chi connectivity index (χ0) is 20.2. The van der Waals surface area contributed by atoms with E-state index in [1.807, 2.05) is 37.3 Å². The first kappa shape index (κ1) is 19.0. The number of methoxy groups -OCH3 is 2. The lowest BCUT2D eigenvalue weighted by molar-refractivity contribution is 0.340. The maximum atomic E-state index is 5.55. The third-order valence-electron chi connectivity index (χ3n) is 4.51. The normalized spacial score (nSPS) is 10.7. The molecule has 0 aliphatic heterocycles. The van der Waals surface area contributed by atoms with Crippen molar-refractivity contribution in [1.29, 1.82) is 0 Å². The molecule has 0 amide bonds. The maximum Gasteiger partial charge on any atom is 0.146 e. The number of aromatic nitrogens is 2. The van der Waals surface area contributed by atoms with Gasteiger partial charge in [0.05, 0.1) is 31.9 Å². The molecule has 2 heterocycles. The lowest BCUT2D eigenvalue weighted by Gasteiger charge is -2.13. The second-order valence-electron chi connectivity index (χ2n) is 6.20. The molecule has 0 saturated carbocycles. The van der Waals surface area contributed by atoms with Gasteiger partial charge in [-0.25, -0.2) is 9.97 Å². The van der Waals surface area contributed by atoms with Crippen molar-refractivity contribution in [2.75, 3.05) is 26.1 Å². The number of nitrogens with zero attached hydrogens (tertiary/aromatic N) is 2. The fourth-order valence-electron chi connectivity index (χ4n) is 3.11. The van der Waals surface area contributed by atoms with Crippen LogP contribution in [-0.4, -0.2) is 30.8 Å². The molecule has 0 saturated heterocycles. The van der Waals surface area contributed by atoms with Crippen LogP contribution < -0.4 is 19.5 Å². The van der Waals surface area contributed by atoms with Crippen LogP contribution in [0.5, 0.6) is 17.2 Å². The first-order chi connectivity index (χ1) is 14.2. The van der Waals surface area contributed by atoms with E-state index in [2.05, 4.69) is 32.8 Å². The third kappa shape index (κ3) is 3.82. The van der Waals surface area contributed by atoms with Crippen LogP contribution in [0.1, 0.15) is 6.92 Å². The molecule has 0 radical (unpaired) electrons. The minimum absolute atomic E-state index is 0.645. The van der Waals surface area contributed by atoms with Crippen molar-refractivity contribution in [2.45, 2.75) is 6.92 Å². The Kier molecular flexibility index (Phi) is 5.48. The molecule has 29 heavy (non-hydrogen) atoms. The Bertz CT molecular complexity index is 1130. The van der Waals surface area contributed by atoms with E-state index in [9.17, 15) is 0 Å². The standard InChI is InChI=1S/C22H21N3O3S/c1-4-28-15-7-5-14(6-8-15)17-12-29-22-20(17)21(23-13-24-22)25-18-10-9-16(26-2)11-19(18)27-3/h5-13H,4H2,1-3H3,(H,23,24,25). The minimum atomic E-state index is 0.645. The number of hydrogen-bond acceptors (Lipinski definition) is 7. The number of rotatable bonds is 7. The van der Waals surface area contributed by atoms with E-state index in [0.29, 0.717) is 12.4 Å². The molecule has 0 atom stereocenters. The Balaban J connectivity index is 1.75. The van der Waals surface area contributed by atoms with Gasteiger partial charge in [-0.15, -0.1) is 11.3 Å². The molecule has 0 aliphatic rings. The smallest absolute Gasteiger partial charge is 0.146 e. The van der Waals surface area contributed by atoms with Crippen LogP contribution in [0, 0.1) is 0 Å². The van der Waals surface area contributed by atoms with E-state index in [1.54, 1.807) is 31.9 Å². The number of nitrogens with one attached hydrogen (secondary N) is 1. The zero-order valence-corrected chi connectivity index (χ0v) is 17.2. The van der Waals surface area contributed by atoms with Gasteiger partial charge in [0.2, 0.25) is 0 Å². The Morgan fingerprint density at radius 3 is 2.48 bits per heavy atom. The molecule has 148 valence electrons. The fourth-order valence-corrected chi connectivity index (χ4v) is 4.02. The number of hydrogen-bond donors (Lipinski definition) is 1. The Morgan fingerprint density at radius 2 is 1.76 bits per heavy atom. The highest BCUT2D eigenvalue weighted by Gasteiger charge is 2.15. The van der Waals surface area contributed by atoms with Gasteiger partial charge in [0.1, 0.15) is 34.2 Å². The predicted molar refractivity (Wildman–Crippen MR) is 117 cm³/mol. The number of anilines is 2. The SMILES string of the molecule is CCOc1ccc(-c2csc3ncnc(Nc4ccc(OC)cc4OC)c23)cc1. The summed E-state index contributed by atoms with van der Waals surface area (Å²) >= 11 is 1.59. The fraction of sp³-hybridized carbons (Fsp3) is 0.182. The molecule has 0 bridgehead atoms. The monoisotopic (exact) mass is 407 g/mol. The summed E-state index contributed by atoms with van der Waals surface area (Å²) in [6.07, 6.45) is 1.57. The summed E-state index contributed by atoms with van der Waals surface area (Å²) < 4.78 is 16.3. The molecule has 2 aromatic carbocycles. The first-order valence-corrected chi connectivity index (χ1v) is 10.1. The van der Waals surface area contributed by atoms with Crippen molar-refractivity contribution in [1.82, 2.24) is 9.97 Å². The molecule has 0 unspecified atom stereocenters. The number of thiophene rings is 1. The van der Waals surface area contributed by atoms with E-state index in [4.69, 9.17) is 14.2 Å². The van der Waals surface area contributed by atoms with Crippen molar-refractivity contribution < 1.29 is 14.2 Å². The number of fused-ring (bicyclic) bond motifs is 1. The van der Waals surface area contributed by atoms with Crippen LogP contribution in [0.3, 0.4) is 0 Å². The van der Waals surface area contributed by atoms with Crippen molar-refractivity contribution >= 4 is 33.1 Å². The molecule has 2 aromatic heterocycles. The van der Waals surface area contributed by atoms with E-state index in [1.165, 1.54) is 0 Å². The molecule has 4 aromatic rings. The van der Waals surface area contributed by atoms with Crippen LogP contribution in [-0.2, 0) is 0 Å². The minimum Gasteiger partial charge on any atom is -0.497 e. The van der Waals surface area contributed by atoms with Gasteiger partial charge in [-0.05, 0) is 36.8 Å². The van der Waals surface area contributed by atoms with Crippen LogP contribution in [0.15, 0.2) is 54.2 Å². The van der Waals surface area contributed by atoms with Crippen molar-refractivity contribution in [3.05, 3.63) is 54.2 Å². The highest BCUT2D eigenvalue weighted by Crippen LogP contribution is 2.39. The lowest BCUT2D eigenvalue weighted by atomic mass is 10.1. The lowest BCUT2D eigenvalue weighted by Crippen LogP contribution is -1.98. The zero-order valence-electron chi connectivity index (χ0n) is 16.4. The van der Waals surface area contributed by atoms with Crippen LogP contribution in [0.4, 0.5) is 11.5 Å². The first-order valence-electron chi connectivity index (χ1n) is 9.18. The number of benzene rings is 2. The molecule has 0 fully saturated rings. The number of ether oxygens (including phenoxy) is 3. The van der Waals surface area contributed by atoms with Gasteiger partial charge in [-0.3, -0.25) is 0 Å². The van der Waals surface area contributed by atoms with Crippen molar-refractivity contribution in [2.24, 2.45) is 0 Å². The van der Waals surface area contributed by atoms with Gasteiger partial charge >= 0.3 is 0 Å². The van der Waals surface area contributed by atoms with Gasteiger partial charge in [0.25, 0.3) is 0 Å². The average Bonchev–Trinajstić information content (AvgIpc) is 3.20. The van der Waals surface area contributed by atoms with E-state index >= 15 is 0 Å². The van der Waals surface area contributed by atoms with E-state index in [0.717, 1.165) is 44.3 Å². The van der Waals surface area contributed by atoms with Crippen LogP contribution in [0.2, 0.25) is 0 Å². The summed E-state index contributed by atoms with van der Waals surface area (Å²) in [6.45, 7) is 2.62. The Morgan fingerprint density at radius 1 is 0.966 bits per heavy atom. The van der Waals surface area contributed by atoms with E-state index < -0.39 is 0 Å². The van der Waals surface area contributed by atoms with Crippen LogP contribution in [0.25, 0.3) is 21.3 Å². The molecule has 1 N–H and O–H groups in total. The molecule has 0 spiro atoms. The topological polar surface area (TPSA) is 65.5 Å². The van der Waals surface area contributed by atoms with Gasteiger partial charge in [0, 0.05) is 17.0 Å². The third-order valence-corrected chi connectivity index (χ3v) is 5.39. The average molecular weight is 407 g/mol. The summed E-state index contributed by atoms with van der Waals surface area (Å²) in [6, 6.07) is 13.7. The highest BCUT2D eigenvalue weighted by molar-refractivity contribution is 7.17. The molecule has 4 rings (SSSR count). The van der Waals surface area contributed by atoms with Gasteiger partial charge in [-0.2, -0.15) is 0 Å². The molecular weight excluding hydrogens is 386 g/mol. The highest BCUT2D eigenvalue weighted by atomic mass is 32.1. The van der Waals surface area contributed by atoms with Gasteiger partial charge < -0.3 is 19.5 Å². The summed E-state index contributed by atoms with van der Waals surface area (Å²) in [5.74, 6) is 2.98.